The van der Waals surface area contributed by atoms with E-state index in [1.165, 1.54) is 11.1 Å². The number of aromatic hydroxyl groups is 1. The summed E-state index contributed by atoms with van der Waals surface area (Å²) in [5, 5.41) is 10.1. The van der Waals surface area contributed by atoms with Crippen LogP contribution in [0.3, 0.4) is 0 Å². The van der Waals surface area contributed by atoms with Gasteiger partial charge in [-0.2, -0.15) is 0 Å². The second kappa shape index (κ2) is 5.22. The van der Waals surface area contributed by atoms with Crippen molar-refractivity contribution >= 4 is 0 Å². The fourth-order valence-electron chi connectivity index (χ4n) is 2.48. The topological polar surface area (TPSA) is 20.2 Å². The predicted molar refractivity (Wildman–Crippen MR) is 83.7 cm³/mol. The minimum Gasteiger partial charge on any atom is -0.507 e. The van der Waals surface area contributed by atoms with E-state index < -0.39 is 0 Å². The lowest BCUT2D eigenvalue weighted by Crippen LogP contribution is -1.86. The van der Waals surface area contributed by atoms with Crippen molar-refractivity contribution in [2.24, 2.45) is 0 Å². The Balaban J connectivity index is 2.22. The van der Waals surface area contributed by atoms with Gasteiger partial charge in [0.2, 0.25) is 0 Å². The van der Waals surface area contributed by atoms with E-state index in [-0.39, 0.29) is 0 Å². The Labute approximate surface area is 119 Å². The summed E-state index contributed by atoms with van der Waals surface area (Å²) in [4.78, 5) is 0. The van der Waals surface area contributed by atoms with Crippen LogP contribution in [-0.2, 0) is 0 Å². The highest BCUT2D eigenvalue weighted by atomic mass is 16.3. The summed E-state index contributed by atoms with van der Waals surface area (Å²) in [5.41, 5.74) is 5.46. The van der Waals surface area contributed by atoms with Gasteiger partial charge in [0.25, 0.3) is 0 Å². The van der Waals surface area contributed by atoms with Crippen LogP contribution in [-0.4, -0.2) is 5.11 Å². The molecule has 0 saturated heterocycles. The molecule has 20 heavy (non-hydrogen) atoms. The Hall–Kier alpha value is -2.54. The first-order chi connectivity index (χ1) is 9.75. The highest BCUT2D eigenvalue weighted by Crippen LogP contribution is 2.36. The molecule has 3 aromatic carbocycles. The van der Waals surface area contributed by atoms with E-state index in [0.29, 0.717) is 5.75 Å². The van der Waals surface area contributed by atoms with Crippen LogP contribution in [0, 0.1) is 6.92 Å². The SMILES string of the molecule is Cc1cccc(-c2ccccc2-c2ccccc2O)c1. The molecule has 0 radical (unpaired) electrons. The van der Waals surface area contributed by atoms with Gasteiger partial charge in [0.1, 0.15) is 5.75 Å². The molecule has 98 valence electrons. The van der Waals surface area contributed by atoms with Crippen molar-refractivity contribution in [2.45, 2.75) is 6.92 Å². The smallest absolute Gasteiger partial charge is 0.123 e. The number of hydrogen-bond acceptors (Lipinski definition) is 1. The highest BCUT2D eigenvalue weighted by Gasteiger charge is 2.09. The minimum absolute atomic E-state index is 0.313. The zero-order valence-corrected chi connectivity index (χ0v) is 11.4. The van der Waals surface area contributed by atoms with Crippen LogP contribution in [0.4, 0.5) is 0 Å². The second-order valence-corrected chi connectivity index (χ2v) is 4.93. The standard InChI is InChI=1S/C19H16O/c1-14-7-6-8-15(13-14)16-9-2-3-10-17(16)18-11-4-5-12-19(18)20/h2-13,20H,1H3. The first kappa shape index (κ1) is 12.5. The molecule has 3 rings (SSSR count). The average Bonchev–Trinajstić information content (AvgIpc) is 2.48. The molecule has 0 aliphatic rings. The van der Waals surface area contributed by atoms with Crippen molar-refractivity contribution in [2.75, 3.05) is 0 Å². The number of phenolic OH excluding ortho intramolecular Hbond substituents is 1. The summed E-state index contributed by atoms with van der Waals surface area (Å²) in [6, 6.07) is 24.1. The van der Waals surface area contributed by atoms with E-state index in [1.54, 1.807) is 6.07 Å². The molecule has 0 unspecified atom stereocenters. The van der Waals surface area contributed by atoms with Crippen LogP contribution in [0.1, 0.15) is 5.56 Å². The van der Waals surface area contributed by atoms with Crippen LogP contribution in [0.25, 0.3) is 22.3 Å². The summed E-state index contributed by atoms with van der Waals surface area (Å²) in [6.07, 6.45) is 0. The largest absolute Gasteiger partial charge is 0.507 e. The van der Waals surface area contributed by atoms with Crippen molar-refractivity contribution in [3.05, 3.63) is 78.4 Å². The normalized spacial score (nSPS) is 10.4. The summed E-state index contributed by atoms with van der Waals surface area (Å²) in [7, 11) is 0. The Morgan fingerprint density at radius 2 is 1.30 bits per heavy atom. The van der Waals surface area contributed by atoms with Gasteiger partial charge in [0.05, 0.1) is 0 Å². The monoisotopic (exact) mass is 260 g/mol. The number of phenols is 1. The van der Waals surface area contributed by atoms with Gasteiger partial charge in [-0.15, -0.1) is 0 Å². The van der Waals surface area contributed by atoms with Gasteiger partial charge in [-0.05, 0) is 29.7 Å². The van der Waals surface area contributed by atoms with Crippen LogP contribution in [0.15, 0.2) is 72.8 Å². The molecule has 0 atom stereocenters. The molecule has 0 aliphatic heterocycles. The quantitative estimate of drug-likeness (QED) is 0.684. The number of rotatable bonds is 2. The maximum atomic E-state index is 10.1. The van der Waals surface area contributed by atoms with Crippen LogP contribution < -0.4 is 0 Å². The molecule has 0 amide bonds. The van der Waals surface area contributed by atoms with E-state index in [1.807, 2.05) is 36.4 Å². The van der Waals surface area contributed by atoms with Gasteiger partial charge >= 0.3 is 0 Å². The molecule has 1 nitrogen and oxygen atoms in total. The third-order valence-corrected chi connectivity index (χ3v) is 3.45. The van der Waals surface area contributed by atoms with Gasteiger partial charge < -0.3 is 5.11 Å². The zero-order chi connectivity index (χ0) is 13.9. The Bertz CT molecular complexity index is 744. The van der Waals surface area contributed by atoms with Crippen molar-refractivity contribution in [1.29, 1.82) is 0 Å². The summed E-state index contributed by atoms with van der Waals surface area (Å²) in [5.74, 6) is 0.313. The number of para-hydroxylation sites is 1. The fourth-order valence-corrected chi connectivity index (χ4v) is 2.48. The molecule has 0 bridgehead atoms. The van der Waals surface area contributed by atoms with Crippen LogP contribution in [0.2, 0.25) is 0 Å². The number of aryl methyl sites for hydroxylation is 1. The fraction of sp³-hybridized carbons (Fsp3) is 0.0526. The number of hydrogen-bond donors (Lipinski definition) is 1. The summed E-state index contributed by atoms with van der Waals surface area (Å²) in [6.45, 7) is 2.09. The molecule has 0 spiro atoms. The van der Waals surface area contributed by atoms with Crippen molar-refractivity contribution in [1.82, 2.24) is 0 Å². The molecule has 0 heterocycles. The molecule has 1 N–H and O–H groups in total. The van der Waals surface area contributed by atoms with E-state index in [9.17, 15) is 5.11 Å². The minimum atomic E-state index is 0.313. The third-order valence-electron chi connectivity index (χ3n) is 3.45. The Morgan fingerprint density at radius 3 is 2.00 bits per heavy atom. The predicted octanol–water partition coefficient (Wildman–Crippen LogP) is 5.03. The molecule has 0 saturated carbocycles. The van der Waals surface area contributed by atoms with E-state index in [2.05, 4.69) is 37.3 Å². The molecular formula is C19H16O. The van der Waals surface area contributed by atoms with Gasteiger partial charge in [0.15, 0.2) is 0 Å². The molecule has 1 heteroatoms. The maximum Gasteiger partial charge on any atom is 0.123 e. The summed E-state index contributed by atoms with van der Waals surface area (Å²) >= 11 is 0. The third kappa shape index (κ3) is 2.30. The molecule has 0 fully saturated rings. The van der Waals surface area contributed by atoms with E-state index >= 15 is 0 Å². The highest BCUT2D eigenvalue weighted by molar-refractivity contribution is 5.85. The molecule has 0 aliphatic carbocycles. The lowest BCUT2D eigenvalue weighted by molar-refractivity contribution is 0.477. The van der Waals surface area contributed by atoms with Crippen molar-refractivity contribution < 1.29 is 5.11 Å². The van der Waals surface area contributed by atoms with Crippen LogP contribution in [0.5, 0.6) is 5.75 Å². The van der Waals surface area contributed by atoms with E-state index in [4.69, 9.17) is 0 Å². The lowest BCUT2D eigenvalue weighted by atomic mass is 9.93. The lowest BCUT2D eigenvalue weighted by Gasteiger charge is -2.11. The molecule has 3 aromatic rings. The number of benzene rings is 3. The first-order valence-electron chi connectivity index (χ1n) is 6.70. The molecular weight excluding hydrogens is 244 g/mol. The van der Waals surface area contributed by atoms with Gasteiger partial charge in [0, 0.05) is 5.56 Å². The second-order valence-electron chi connectivity index (χ2n) is 4.93. The van der Waals surface area contributed by atoms with Crippen molar-refractivity contribution in [3.63, 3.8) is 0 Å². The maximum absolute atomic E-state index is 10.1. The Kier molecular flexibility index (Phi) is 3.26. The Morgan fingerprint density at radius 1 is 0.650 bits per heavy atom. The first-order valence-corrected chi connectivity index (χ1v) is 6.70. The molecule has 0 aromatic heterocycles. The van der Waals surface area contributed by atoms with Gasteiger partial charge in [-0.3, -0.25) is 0 Å². The zero-order valence-electron chi connectivity index (χ0n) is 11.4. The summed E-state index contributed by atoms with van der Waals surface area (Å²) < 4.78 is 0. The van der Waals surface area contributed by atoms with E-state index in [0.717, 1.165) is 16.7 Å². The van der Waals surface area contributed by atoms with Crippen molar-refractivity contribution in [3.8, 4) is 28.0 Å². The van der Waals surface area contributed by atoms with Gasteiger partial charge in [-0.1, -0.05) is 72.3 Å². The average molecular weight is 260 g/mol. The van der Waals surface area contributed by atoms with Gasteiger partial charge in [-0.25, -0.2) is 0 Å². The van der Waals surface area contributed by atoms with Crippen LogP contribution >= 0.6 is 0 Å².